The van der Waals surface area contributed by atoms with Crippen LogP contribution >= 0.6 is 0 Å². The Morgan fingerprint density at radius 3 is 2.86 bits per heavy atom. The van der Waals surface area contributed by atoms with Crippen LogP contribution in [-0.2, 0) is 9.47 Å². The molecule has 0 aromatic heterocycles. The van der Waals surface area contributed by atoms with Gasteiger partial charge in [0.2, 0.25) is 0 Å². The summed E-state index contributed by atoms with van der Waals surface area (Å²) in [4.78, 5) is 12.1. The van der Waals surface area contributed by atoms with E-state index in [-0.39, 0.29) is 24.8 Å². The zero-order valence-corrected chi connectivity index (χ0v) is 12.0. The number of rotatable bonds is 6. The van der Waals surface area contributed by atoms with Crippen molar-refractivity contribution in [2.45, 2.75) is 6.10 Å². The molecule has 0 spiro atoms. The molecule has 2 N–H and O–H groups in total. The molecule has 1 amide bonds. The number of amides is 1. The van der Waals surface area contributed by atoms with Crippen molar-refractivity contribution in [2.75, 3.05) is 34.0 Å². The third-order valence-electron chi connectivity index (χ3n) is 2.70. The van der Waals surface area contributed by atoms with Gasteiger partial charge in [-0.3, -0.25) is 4.79 Å². The zero-order chi connectivity index (χ0) is 15.7. The van der Waals surface area contributed by atoms with E-state index in [1.54, 1.807) is 0 Å². The first-order chi connectivity index (χ1) is 10.1. The quantitative estimate of drug-likeness (QED) is 0.753. The SMILES string of the molecule is COCC(CNC(=O)c1cc(F)ccc1C#CCO)OC. The average Bonchev–Trinajstić information content (AvgIpc) is 2.49. The fourth-order valence-electron chi connectivity index (χ4n) is 1.65. The molecular weight excluding hydrogens is 277 g/mol. The molecule has 5 nitrogen and oxygen atoms in total. The highest BCUT2D eigenvalue weighted by atomic mass is 19.1. The molecule has 1 atom stereocenters. The molecule has 1 rings (SSSR count). The summed E-state index contributed by atoms with van der Waals surface area (Å²) in [6, 6.07) is 3.71. The summed E-state index contributed by atoms with van der Waals surface area (Å²) in [5, 5.41) is 11.3. The van der Waals surface area contributed by atoms with Crippen LogP contribution in [0.25, 0.3) is 0 Å². The van der Waals surface area contributed by atoms with E-state index in [4.69, 9.17) is 14.6 Å². The monoisotopic (exact) mass is 295 g/mol. The number of aliphatic hydroxyl groups is 1. The smallest absolute Gasteiger partial charge is 0.252 e. The molecule has 1 aromatic carbocycles. The van der Waals surface area contributed by atoms with Crippen LogP contribution in [0.4, 0.5) is 4.39 Å². The molecule has 0 aliphatic heterocycles. The van der Waals surface area contributed by atoms with E-state index in [0.717, 1.165) is 6.07 Å². The van der Waals surface area contributed by atoms with Crippen LogP contribution < -0.4 is 5.32 Å². The summed E-state index contributed by atoms with van der Waals surface area (Å²) < 4.78 is 23.4. The van der Waals surface area contributed by atoms with Crippen LogP contribution in [0.15, 0.2) is 18.2 Å². The number of hydrogen-bond donors (Lipinski definition) is 2. The Labute approximate surface area is 123 Å². The average molecular weight is 295 g/mol. The predicted octanol–water partition coefficient (Wildman–Crippen LogP) is 0.561. The minimum atomic E-state index is -0.533. The lowest BCUT2D eigenvalue weighted by molar-refractivity contribution is 0.0285. The van der Waals surface area contributed by atoms with Crippen LogP contribution in [0, 0.1) is 17.7 Å². The molecule has 1 aromatic rings. The molecule has 1 unspecified atom stereocenters. The van der Waals surface area contributed by atoms with E-state index in [1.807, 2.05) is 0 Å². The Morgan fingerprint density at radius 2 is 2.24 bits per heavy atom. The maximum Gasteiger partial charge on any atom is 0.252 e. The van der Waals surface area contributed by atoms with Gasteiger partial charge in [0.05, 0.1) is 18.3 Å². The van der Waals surface area contributed by atoms with E-state index in [0.29, 0.717) is 12.2 Å². The third-order valence-corrected chi connectivity index (χ3v) is 2.70. The van der Waals surface area contributed by atoms with Crippen molar-refractivity contribution in [3.8, 4) is 11.8 Å². The lowest BCUT2D eigenvalue weighted by Crippen LogP contribution is -2.35. The Morgan fingerprint density at radius 1 is 1.48 bits per heavy atom. The second-order valence-electron chi connectivity index (χ2n) is 4.17. The second kappa shape index (κ2) is 9.08. The predicted molar refractivity (Wildman–Crippen MR) is 75.4 cm³/mol. The maximum atomic E-state index is 13.3. The van der Waals surface area contributed by atoms with Crippen LogP contribution in [-0.4, -0.2) is 51.1 Å². The highest BCUT2D eigenvalue weighted by Crippen LogP contribution is 2.10. The van der Waals surface area contributed by atoms with Gasteiger partial charge >= 0.3 is 0 Å². The topological polar surface area (TPSA) is 67.8 Å². The van der Waals surface area contributed by atoms with E-state index in [9.17, 15) is 9.18 Å². The first-order valence-electron chi connectivity index (χ1n) is 6.31. The highest BCUT2D eigenvalue weighted by Gasteiger charge is 2.14. The molecular formula is C15H18FNO4. The Bertz CT molecular complexity index is 536. The number of carbonyl (C=O) groups is 1. The number of ether oxygens (including phenoxy) is 2. The van der Waals surface area contributed by atoms with E-state index in [2.05, 4.69) is 17.2 Å². The largest absolute Gasteiger partial charge is 0.384 e. The lowest BCUT2D eigenvalue weighted by atomic mass is 10.1. The molecule has 0 aliphatic rings. The van der Waals surface area contributed by atoms with Crippen molar-refractivity contribution >= 4 is 5.91 Å². The van der Waals surface area contributed by atoms with Gasteiger partial charge in [-0.05, 0) is 18.2 Å². The Balaban J connectivity index is 2.83. The van der Waals surface area contributed by atoms with E-state index >= 15 is 0 Å². The number of halogens is 1. The minimum Gasteiger partial charge on any atom is -0.384 e. The molecule has 0 radical (unpaired) electrons. The number of nitrogens with one attached hydrogen (secondary N) is 1. The van der Waals surface area contributed by atoms with Gasteiger partial charge in [-0.1, -0.05) is 11.8 Å². The van der Waals surface area contributed by atoms with Crippen LogP contribution in [0.3, 0.4) is 0 Å². The van der Waals surface area contributed by atoms with Gasteiger partial charge in [-0.2, -0.15) is 0 Å². The van der Waals surface area contributed by atoms with Gasteiger partial charge in [0.15, 0.2) is 0 Å². The summed E-state index contributed by atoms with van der Waals surface area (Å²) in [6.45, 7) is 0.224. The normalized spacial score (nSPS) is 11.4. The summed E-state index contributed by atoms with van der Waals surface area (Å²) in [5.74, 6) is 4.05. The summed E-state index contributed by atoms with van der Waals surface area (Å²) in [6.07, 6.45) is -0.292. The van der Waals surface area contributed by atoms with Gasteiger partial charge < -0.3 is 19.9 Å². The van der Waals surface area contributed by atoms with E-state index in [1.165, 1.54) is 26.4 Å². The van der Waals surface area contributed by atoms with Crippen LogP contribution in [0.5, 0.6) is 0 Å². The fraction of sp³-hybridized carbons (Fsp3) is 0.400. The molecule has 0 heterocycles. The first-order valence-corrected chi connectivity index (χ1v) is 6.31. The molecule has 0 saturated carbocycles. The Hall–Kier alpha value is -1.94. The minimum absolute atomic E-state index is 0.114. The van der Waals surface area contributed by atoms with Gasteiger partial charge in [0.1, 0.15) is 12.4 Å². The molecule has 21 heavy (non-hydrogen) atoms. The summed E-state index contributed by atoms with van der Waals surface area (Å²) in [5.41, 5.74) is 0.465. The first kappa shape index (κ1) is 17.1. The van der Waals surface area contributed by atoms with Crippen LogP contribution in [0.1, 0.15) is 15.9 Å². The van der Waals surface area contributed by atoms with Crippen LogP contribution in [0.2, 0.25) is 0 Å². The molecule has 0 fully saturated rings. The molecule has 6 heteroatoms. The van der Waals surface area contributed by atoms with Gasteiger partial charge in [-0.15, -0.1) is 0 Å². The van der Waals surface area contributed by atoms with Crippen molar-refractivity contribution in [2.24, 2.45) is 0 Å². The lowest BCUT2D eigenvalue weighted by Gasteiger charge is -2.15. The van der Waals surface area contributed by atoms with Crippen molar-refractivity contribution in [3.63, 3.8) is 0 Å². The van der Waals surface area contributed by atoms with Gasteiger partial charge in [0, 0.05) is 26.3 Å². The van der Waals surface area contributed by atoms with E-state index < -0.39 is 11.7 Å². The van der Waals surface area contributed by atoms with Gasteiger partial charge in [-0.25, -0.2) is 4.39 Å². The number of hydrogen-bond acceptors (Lipinski definition) is 4. The summed E-state index contributed by atoms with van der Waals surface area (Å²) in [7, 11) is 3.04. The number of aliphatic hydroxyl groups excluding tert-OH is 1. The zero-order valence-electron chi connectivity index (χ0n) is 12.0. The van der Waals surface area contributed by atoms with Crippen molar-refractivity contribution < 1.29 is 23.8 Å². The highest BCUT2D eigenvalue weighted by molar-refractivity contribution is 5.96. The van der Waals surface area contributed by atoms with Crippen molar-refractivity contribution in [1.82, 2.24) is 5.32 Å². The Kier molecular flexibility index (Phi) is 7.40. The van der Waals surface area contributed by atoms with Gasteiger partial charge in [0.25, 0.3) is 5.91 Å². The molecule has 0 saturated heterocycles. The number of benzene rings is 1. The van der Waals surface area contributed by atoms with Crippen molar-refractivity contribution in [3.05, 3.63) is 35.1 Å². The molecule has 0 aliphatic carbocycles. The second-order valence-corrected chi connectivity index (χ2v) is 4.17. The van der Waals surface area contributed by atoms with Crippen molar-refractivity contribution in [1.29, 1.82) is 0 Å². The third kappa shape index (κ3) is 5.52. The summed E-state index contributed by atoms with van der Waals surface area (Å²) >= 11 is 0. The molecule has 0 bridgehead atoms. The standard InChI is InChI=1S/C15H18FNO4/c1-20-10-13(21-2)9-17-15(19)14-8-12(16)6-5-11(14)4-3-7-18/h5-6,8,13,18H,7,9-10H2,1-2H3,(H,17,19). The number of carbonyl (C=O) groups excluding carboxylic acids is 1. The fourth-order valence-corrected chi connectivity index (χ4v) is 1.65. The molecule has 114 valence electrons. The maximum absolute atomic E-state index is 13.3. The number of methoxy groups -OCH3 is 2.